The molecule has 0 bridgehead atoms. The second-order valence-electron chi connectivity index (χ2n) is 1.97. The monoisotopic (exact) mass is 146 g/mol. The van der Waals surface area contributed by atoms with Crippen molar-refractivity contribution in [2.45, 2.75) is 0 Å². The first-order valence-corrected chi connectivity index (χ1v) is 3.14. The summed E-state index contributed by atoms with van der Waals surface area (Å²) in [4.78, 5) is 12.3. The molecule has 0 aliphatic carbocycles. The van der Waals surface area contributed by atoms with Gasteiger partial charge in [-0.1, -0.05) is 0 Å². The van der Waals surface area contributed by atoms with Gasteiger partial charge in [-0.15, -0.1) is 0 Å². The maximum absolute atomic E-state index is 10.8. The predicted molar refractivity (Wildman–Crippen MR) is 39.0 cm³/mol. The van der Waals surface area contributed by atoms with E-state index in [0.29, 0.717) is 13.2 Å². The Morgan fingerprint density at radius 2 is 2.30 bits per heavy atom. The molecule has 60 valence electrons. The van der Waals surface area contributed by atoms with Crippen LogP contribution in [0.4, 0.5) is 4.79 Å². The minimum absolute atomic E-state index is 0.0861. The predicted octanol–water partition coefficient (Wildman–Crippen LogP) is -0.0960. The van der Waals surface area contributed by atoms with E-state index in [1.165, 1.54) is 0 Å². The maximum atomic E-state index is 10.8. The molecule has 0 aromatic heterocycles. The lowest BCUT2D eigenvalue weighted by molar-refractivity contribution is 0.160. The van der Waals surface area contributed by atoms with Crippen LogP contribution >= 0.6 is 0 Å². The summed E-state index contributed by atoms with van der Waals surface area (Å²) in [6.07, 6.45) is 0. The largest absolute Gasteiger partial charge is 0.383 e. The van der Waals surface area contributed by atoms with Gasteiger partial charge in [-0.3, -0.25) is 0 Å². The number of hydrogen-bond donors (Lipinski definition) is 1. The van der Waals surface area contributed by atoms with Crippen LogP contribution in [0.3, 0.4) is 0 Å². The van der Waals surface area contributed by atoms with Gasteiger partial charge in [0.15, 0.2) is 0 Å². The minimum atomic E-state index is -0.0861. The summed E-state index contributed by atoms with van der Waals surface area (Å²) >= 11 is 0. The van der Waals surface area contributed by atoms with Crippen LogP contribution < -0.4 is 5.32 Å². The van der Waals surface area contributed by atoms with E-state index >= 15 is 0 Å². The number of methoxy groups -OCH3 is 1. The van der Waals surface area contributed by atoms with Crippen molar-refractivity contribution in [3.8, 4) is 0 Å². The number of nitrogens with zero attached hydrogens (tertiary/aromatic N) is 1. The van der Waals surface area contributed by atoms with E-state index in [0.717, 1.165) is 0 Å². The molecule has 0 fully saturated rings. The molecule has 0 rings (SSSR count). The average molecular weight is 146 g/mol. The third-order valence-electron chi connectivity index (χ3n) is 1.19. The molecular formula is C6H14N2O2. The van der Waals surface area contributed by atoms with Crippen molar-refractivity contribution < 1.29 is 9.53 Å². The van der Waals surface area contributed by atoms with Gasteiger partial charge in [-0.25, -0.2) is 4.79 Å². The van der Waals surface area contributed by atoms with Crippen LogP contribution in [0, 0.1) is 0 Å². The molecule has 4 heteroatoms. The van der Waals surface area contributed by atoms with Crippen molar-refractivity contribution in [3.05, 3.63) is 0 Å². The Labute approximate surface area is 61.1 Å². The van der Waals surface area contributed by atoms with Crippen LogP contribution in [0.15, 0.2) is 0 Å². The molecule has 0 atom stereocenters. The molecular weight excluding hydrogens is 132 g/mol. The molecule has 0 aromatic carbocycles. The highest BCUT2D eigenvalue weighted by molar-refractivity contribution is 5.73. The Kier molecular flexibility index (Phi) is 4.66. The molecule has 0 saturated carbocycles. The van der Waals surface area contributed by atoms with Crippen molar-refractivity contribution in [1.29, 1.82) is 0 Å². The van der Waals surface area contributed by atoms with Crippen molar-refractivity contribution in [2.75, 3.05) is 34.4 Å². The highest BCUT2D eigenvalue weighted by Gasteiger charge is 2.02. The first-order valence-electron chi connectivity index (χ1n) is 3.14. The Bertz CT molecular complexity index is 106. The summed E-state index contributed by atoms with van der Waals surface area (Å²) in [6.45, 7) is 1.19. The van der Waals surface area contributed by atoms with Crippen LogP contribution in [0.5, 0.6) is 0 Å². The third-order valence-corrected chi connectivity index (χ3v) is 1.19. The molecule has 0 saturated heterocycles. The van der Waals surface area contributed by atoms with E-state index in [2.05, 4.69) is 5.32 Å². The highest BCUT2D eigenvalue weighted by Crippen LogP contribution is 1.81. The molecule has 0 aliphatic rings. The Morgan fingerprint density at radius 1 is 1.70 bits per heavy atom. The number of ether oxygens (including phenoxy) is 1. The number of carbonyl (C=O) groups is 1. The summed E-state index contributed by atoms with van der Waals surface area (Å²) in [5.74, 6) is 0. The maximum Gasteiger partial charge on any atom is 0.316 e. The van der Waals surface area contributed by atoms with E-state index < -0.39 is 0 Å². The van der Waals surface area contributed by atoms with Gasteiger partial charge in [0.05, 0.1) is 6.61 Å². The van der Waals surface area contributed by atoms with E-state index in [-0.39, 0.29) is 6.03 Å². The molecule has 4 nitrogen and oxygen atoms in total. The number of urea groups is 1. The van der Waals surface area contributed by atoms with E-state index in [4.69, 9.17) is 4.74 Å². The normalized spacial score (nSPS) is 9.10. The van der Waals surface area contributed by atoms with Crippen LogP contribution in [0.2, 0.25) is 0 Å². The summed E-state index contributed by atoms with van der Waals surface area (Å²) in [6, 6.07) is -0.0861. The number of carbonyl (C=O) groups excluding carboxylic acids is 1. The van der Waals surface area contributed by atoms with Gasteiger partial charge in [-0.2, -0.15) is 0 Å². The molecule has 0 aliphatic heterocycles. The Balaban J connectivity index is 3.41. The first-order chi connectivity index (χ1) is 4.72. The van der Waals surface area contributed by atoms with Gasteiger partial charge in [0, 0.05) is 27.7 Å². The molecule has 10 heavy (non-hydrogen) atoms. The number of amides is 2. The average Bonchev–Trinajstić information content (AvgIpc) is 1.98. The zero-order valence-electron chi connectivity index (χ0n) is 6.68. The van der Waals surface area contributed by atoms with E-state index in [9.17, 15) is 4.79 Å². The molecule has 2 amide bonds. The molecule has 0 radical (unpaired) electrons. The lowest BCUT2D eigenvalue weighted by Crippen LogP contribution is -2.36. The van der Waals surface area contributed by atoms with E-state index in [1.54, 1.807) is 26.1 Å². The minimum Gasteiger partial charge on any atom is -0.383 e. The van der Waals surface area contributed by atoms with Gasteiger partial charge in [0.1, 0.15) is 0 Å². The fourth-order valence-electron chi connectivity index (χ4n) is 0.521. The number of likely N-dealkylation sites (N-methyl/N-ethyl adjacent to an activating group) is 1. The van der Waals surface area contributed by atoms with E-state index in [1.807, 2.05) is 0 Å². The third kappa shape index (κ3) is 3.29. The SMILES string of the molecule is CNC(=O)N(C)CCOC. The zero-order valence-corrected chi connectivity index (χ0v) is 6.68. The first kappa shape index (κ1) is 9.23. The van der Waals surface area contributed by atoms with Gasteiger partial charge in [0.2, 0.25) is 0 Å². The summed E-state index contributed by atoms with van der Waals surface area (Å²) < 4.78 is 4.79. The van der Waals surface area contributed by atoms with Gasteiger partial charge >= 0.3 is 6.03 Å². The fourth-order valence-corrected chi connectivity index (χ4v) is 0.521. The van der Waals surface area contributed by atoms with Gasteiger partial charge in [0.25, 0.3) is 0 Å². The van der Waals surface area contributed by atoms with Crippen molar-refractivity contribution >= 4 is 6.03 Å². The topological polar surface area (TPSA) is 41.6 Å². The van der Waals surface area contributed by atoms with Gasteiger partial charge in [-0.05, 0) is 0 Å². The molecule has 1 N–H and O–H groups in total. The standard InChI is InChI=1S/C6H14N2O2/c1-7-6(9)8(2)4-5-10-3/h4-5H2,1-3H3,(H,7,9). The molecule has 0 aromatic rings. The number of hydrogen-bond acceptors (Lipinski definition) is 2. The molecule has 0 heterocycles. The highest BCUT2D eigenvalue weighted by atomic mass is 16.5. The van der Waals surface area contributed by atoms with Crippen LogP contribution in [0.1, 0.15) is 0 Å². The van der Waals surface area contributed by atoms with Crippen molar-refractivity contribution in [1.82, 2.24) is 10.2 Å². The Morgan fingerprint density at radius 3 is 2.70 bits per heavy atom. The molecule has 0 unspecified atom stereocenters. The number of rotatable bonds is 3. The zero-order chi connectivity index (χ0) is 7.98. The van der Waals surface area contributed by atoms with Crippen LogP contribution in [-0.2, 0) is 4.74 Å². The van der Waals surface area contributed by atoms with Crippen LogP contribution in [0.25, 0.3) is 0 Å². The molecule has 0 spiro atoms. The van der Waals surface area contributed by atoms with Crippen molar-refractivity contribution in [3.63, 3.8) is 0 Å². The van der Waals surface area contributed by atoms with Crippen molar-refractivity contribution in [2.24, 2.45) is 0 Å². The fraction of sp³-hybridized carbons (Fsp3) is 0.833. The number of nitrogens with one attached hydrogen (secondary N) is 1. The summed E-state index contributed by atoms with van der Waals surface area (Å²) in [7, 11) is 4.93. The second-order valence-corrected chi connectivity index (χ2v) is 1.97. The summed E-state index contributed by atoms with van der Waals surface area (Å²) in [5, 5.41) is 2.51. The summed E-state index contributed by atoms with van der Waals surface area (Å²) in [5.41, 5.74) is 0. The lowest BCUT2D eigenvalue weighted by atomic mass is 10.6. The lowest BCUT2D eigenvalue weighted by Gasteiger charge is -2.14. The Hall–Kier alpha value is -0.770. The quantitative estimate of drug-likeness (QED) is 0.604. The second kappa shape index (κ2) is 5.05. The van der Waals surface area contributed by atoms with Gasteiger partial charge < -0.3 is 15.0 Å². The smallest absolute Gasteiger partial charge is 0.316 e. The van der Waals surface area contributed by atoms with Crippen LogP contribution in [-0.4, -0.2) is 45.3 Å².